The summed E-state index contributed by atoms with van der Waals surface area (Å²) in [4.78, 5) is 30.7. The fourth-order valence-corrected chi connectivity index (χ4v) is 4.67. The normalized spacial score (nSPS) is 16.1. The minimum Gasteiger partial charge on any atom is -0.455 e. The fourth-order valence-electron chi connectivity index (χ4n) is 4.67. The molecule has 0 unspecified atom stereocenters. The number of pyridine rings is 1. The van der Waals surface area contributed by atoms with Crippen LogP contribution in [0.3, 0.4) is 0 Å². The lowest BCUT2D eigenvalue weighted by atomic mass is 9.98. The van der Waals surface area contributed by atoms with Crippen molar-refractivity contribution in [2.45, 2.75) is 39.3 Å². The van der Waals surface area contributed by atoms with Crippen LogP contribution in [0, 0.1) is 13.8 Å². The van der Waals surface area contributed by atoms with Gasteiger partial charge in [-0.1, -0.05) is 36.4 Å². The highest BCUT2D eigenvalue weighted by Crippen LogP contribution is 2.32. The number of amides is 1. The zero-order chi connectivity index (χ0) is 25.2. The van der Waals surface area contributed by atoms with E-state index in [2.05, 4.69) is 15.6 Å². The standard InChI is InChI=1S/C29H29N3O4/c1-17-14-22(28-23(15-17)26(33)18(2)27(36-28)20-8-5-4-6-9-20)19(3)31-24-10-7-12-30-25(24)29(34)32-21-11-13-35-16-21/h4-10,12,14-15,19,21,31H,11,13,16H2,1-3H3,(H,32,34)/t19-,21-/m1/s1. The van der Waals surface area contributed by atoms with Gasteiger partial charge in [0.25, 0.3) is 5.91 Å². The summed E-state index contributed by atoms with van der Waals surface area (Å²) in [5, 5.41) is 6.97. The van der Waals surface area contributed by atoms with Crippen LogP contribution in [-0.2, 0) is 4.74 Å². The smallest absolute Gasteiger partial charge is 0.272 e. The Hall–Kier alpha value is -3.97. The Bertz CT molecular complexity index is 1470. The van der Waals surface area contributed by atoms with Gasteiger partial charge in [-0.3, -0.25) is 9.59 Å². The molecule has 1 amide bonds. The second kappa shape index (κ2) is 9.95. The van der Waals surface area contributed by atoms with E-state index in [1.54, 1.807) is 19.2 Å². The van der Waals surface area contributed by atoms with Crippen LogP contribution in [-0.4, -0.2) is 30.1 Å². The SMILES string of the molecule is Cc1cc([C@@H](C)Nc2cccnc2C(=O)N[C@@H]2CCOC2)c2oc(-c3ccccc3)c(C)c(=O)c2c1. The molecular weight excluding hydrogens is 454 g/mol. The maximum Gasteiger partial charge on any atom is 0.272 e. The molecule has 7 heteroatoms. The number of rotatable bonds is 6. The predicted octanol–water partition coefficient (Wildman–Crippen LogP) is 5.16. The Labute approximate surface area is 209 Å². The molecule has 2 atom stereocenters. The summed E-state index contributed by atoms with van der Waals surface area (Å²) >= 11 is 0. The maximum atomic E-state index is 13.4. The van der Waals surface area contributed by atoms with Crippen molar-refractivity contribution in [2.75, 3.05) is 18.5 Å². The van der Waals surface area contributed by atoms with E-state index in [1.807, 2.05) is 62.4 Å². The number of carbonyl (C=O) groups is 1. The van der Waals surface area contributed by atoms with Crippen molar-refractivity contribution >= 4 is 22.6 Å². The molecule has 5 rings (SSSR count). The second-order valence-electron chi connectivity index (χ2n) is 9.28. The van der Waals surface area contributed by atoms with Crippen LogP contribution in [0.4, 0.5) is 5.69 Å². The van der Waals surface area contributed by atoms with E-state index >= 15 is 0 Å². The maximum absolute atomic E-state index is 13.4. The van der Waals surface area contributed by atoms with E-state index in [1.165, 1.54) is 0 Å². The molecule has 1 aliphatic rings. The lowest BCUT2D eigenvalue weighted by Crippen LogP contribution is -2.36. The number of benzene rings is 2. The highest BCUT2D eigenvalue weighted by Gasteiger charge is 2.23. The first kappa shape index (κ1) is 23.8. The number of aryl methyl sites for hydroxylation is 1. The zero-order valence-electron chi connectivity index (χ0n) is 20.6. The van der Waals surface area contributed by atoms with Gasteiger partial charge in [-0.15, -0.1) is 0 Å². The first-order chi connectivity index (χ1) is 17.4. The second-order valence-corrected chi connectivity index (χ2v) is 9.28. The number of carbonyl (C=O) groups excluding carboxylic acids is 1. The molecule has 2 aromatic carbocycles. The zero-order valence-corrected chi connectivity index (χ0v) is 20.6. The van der Waals surface area contributed by atoms with Gasteiger partial charge in [0.05, 0.1) is 29.8 Å². The van der Waals surface area contributed by atoms with E-state index in [-0.39, 0.29) is 23.4 Å². The molecule has 2 N–H and O–H groups in total. The lowest BCUT2D eigenvalue weighted by Gasteiger charge is -2.20. The average molecular weight is 484 g/mol. The fraction of sp³-hybridized carbons (Fsp3) is 0.276. The van der Waals surface area contributed by atoms with E-state index in [0.29, 0.717) is 46.9 Å². The van der Waals surface area contributed by atoms with Crippen molar-refractivity contribution in [3.8, 4) is 11.3 Å². The van der Waals surface area contributed by atoms with Crippen LogP contribution in [0.5, 0.6) is 0 Å². The number of nitrogens with zero attached hydrogens (tertiary/aromatic N) is 1. The van der Waals surface area contributed by atoms with E-state index in [4.69, 9.17) is 9.15 Å². The molecule has 1 fully saturated rings. The molecular formula is C29H29N3O4. The summed E-state index contributed by atoms with van der Waals surface area (Å²) in [7, 11) is 0. The highest BCUT2D eigenvalue weighted by molar-refractivity contribution is 5.98. The average Bonchev–Trinajstić information content (AvgIpc) is 3.40. The Kier molecular flexibility index (Phi) is 6.57. The molecule has 184 valence electrons. The highest BCUT2D eigenvalue weighted by atomic mass is 16.5. The first-order valence-corrected chi connectivity index (χ1v) is 12.2. The Balaban J connectivity index is 1.54. The third-order valence-corrected chi connectivity index (χ3v) is 6.55. The molecule has 0 radical (unpaired) electrons. The Morgan fingerprint density at radius 1 is 1.11 bits per heavy atom. The number of anilines is 1. The predicted molar refractivity (Wildman–Crippen MR) is 140 cm³/mol. The quantitative estimate of drug-likeness (QED) is 0.393. The minimum atomic E-state index is -0.271. The monoisotopic (exact) mass is 483 g/mol. The summed E-state index contributed by atoms with van der Waals surface area (Å²) in [6, 6.07) is 16.9. The van der Waals surface area contributed by atoms with Crippen LogP contribution in [0.1, 0.15) is 46.6 Å². The van der Waals surface area contributed by atoms with Crippen LogP contribution < -0.4 is 16.1 Å². The van der Waals surface area contributed by atoms with Gasteiger partial charge in [0, 0.05) is 29.5 Å². The van der Waals surface area contributed by atoms with Gasteiger partial charge in [0.1, 0.15) is 11.3 Å². The largest absolute Gasteiger partial charge is 0.455 e. The minimum absolute atomic E-state index is 0.0144. The van der Waals surface area contributed by atoms with Crippen molar-refractivity contribution in [2.24, 2.45) is 0 Å². The van der Waals surface area contributed by atoms with Gasteiger partial charge >= 0.3 is 0 Å². The topological polar surface area (TPSA) is 93.5 Å². The summed E-state index contributed by atoms with van der Waals surface area (Å²) in [5.41, 5.74) is 4.62. The summed E-state index contributed by atoms with van der Waals surface area (Å²) in [6.07, 6.45) is 2.39. The van der Waals surface area contributed by atoms with Crippen molar-refractivity contribution < 1.29 is 13.9 Å². The van der Waals surface area contributed by atoms with Gasteiger partial charge in [-0.25, -0.2) is 4.98 Å². The van der Waals surface area contributed by atoms with Crippen LogP contribution >= 0.6 is 0 Å². The molecule has 0 saturated carbocycles. The third kappa shape index (κ3) is 4.62. The molecule has 1 saturated heterocycles. The van der Waals surface area contributed by atoms with Crippen LogP contribution in [0.25, 0.3) is 22.3 Å². The summed E-state index contributed by atoms with van der Waals surface area (Å²) < 4.78 is 11.8. The van der Waals surface area contributed by atoms with Crippen LogP contribution in [0.15, 0.2) is 70.0 Å². The van der Waals surface area contributed by atoms with Gasteiger partial charge in [-0.2, -0.15) is 0 Å². The number of ether oxygens (including phenoxy) is 1. The third-order valence-electron chi connectivity index (χ3n) is 6.55. The summed E-state index contributed by atoms with van der Waals surface area (Å²) in [5.74, 6) is 0.314. The molecule has 2 aromatic heterocycles. The van der Waals surface area contributed by atoms with E-state index in [9.17, 15) is 9.59 Å². The summed E-state index contributed by atoms with van der Waals surface area (Å²) in [6.45, 7) is 6.89. The molecule has 0 aliphatic carbocycles. The first-order valence-electron chi connectivity index (χ1n) is 12.2. The van der Waals surface area contributed by atoms with E-state index < -0.39 is 0 Å². The van der Waals surface area contributed by atoms with Crippen LogP contribution in [0.2, 0.25) is 0 Å². The van der Waals surface area contributed by atoms with Crippen molar-refractivity contribution in [1.82, 2.24) is 10.3 Å². The molecule has 7 nitrogen and oxygen atoms in total. The molecule has 1 aliphatic heterocycles. The number of aromatic nitrogens is 1. The Morgan fingerprint density at radius 2 is 1.92 bits per heavy atom. The molecule has 3 heterocycles. The van der Waals surface area contributed by atoms with Gasteiger partial charge in [0.2, 0.25) is 0 Å². The molecule has 0 spiro atoms. The number of fused-ring (bicyclic) bond motifs is 1. The van der Waals surface area contributed by atoms with E-state index in [0.717, 1.165) is 23.1 Å². The van der Waals surface area contributed by atoms with Gasteiger partial charge in [0.15, 0.2) is 11.1 Å². The van der Waals surface area contributed by atoms with Crippen molar-refractivity contribution in [1.29, 1.82) is 0 Å². The van der Waals surface area contributed by atoms with Crippen molar-refractivity contribution in [3.63, 3.8) is 0 Å². The molecule has 36 heavy (non-hydrogen) atoms. The number of hydrogen-bond donors (Lipinski definition) is 2. The lowest BCUT2D eigenvalue weighted by molar-refractivity contribution is 0.0925. The van der Waals surface area contributed by atoms with Gasteiger partial charge < -0.3 is 19.8 Å². The number of nitrogens with one attached hydrogen (secondary N) is 2. The number of hydrogen-bond acceptors (Lipinski definition) is 6. The Morgan fingerprint density at radius 3 is 2.67 bits per heavy atom. The molecule has 0 bridgehead atoms. The van der Waals surface area contributed by atoms with Crippen molar-refractivity contribution in [3.05, 3.63) is 93.4 Å². The van der Waals surface area contributed by atoms with Gasteiger partial charge in [-0.05, 0) is 51.0 Å². The molecule has 4 aromatic rings.